The topological polar surface area (TPSA) is 63.0 Å². The van der Waals surface area contributed by atoms with Gasteiger partial charge in [0.25, 0.3) is 5.91 Å². The van der Waals surface area contributed by atoms with Crippen LogP contribution in [0.5, 0.6) is 5.75 Å². The molecular formula is C34H35N5O2S. The number of benzene rings is 3. The first-order valence-electron chi connectivity index (χ1n) is 14.5. The van der Waals surface area contributed by atoms with E-state index in [0.717, 1.165) is 78.1 Å². The zero-order valence-corrected chi connectivity index (χ0v) is 24.9. The first-order valence-corrected chi connectivity index (χ1v) is 15.3. The molecule has 214 valence electrons. The van der Waals surface area contributed by atoms with Crippen LogP contribution in [0.4, 0.5) is 0 Å². The summed E-state index contributed by atoms with van der Waals surface area (Å²) in [4.78, 5) is 22.9. The van der Waals surface area contributed by atoms with Gasteiger partial charge in [0.2, 0.25) is 0 Å². The zero-order chi connectivity index (χ0) is 28.9. The minimum absolute atomic E-state index is 0.195. The highest BCUT2D eigenvalue weighted by Gasteiger charge is 2.29. The van der Waals surface area contributed by atoms with Gasteiger partial charge in [-0.1, -0.05) is 55.5 Å². The highest BCUT2D eigenvalue weighted by molar-refractivity contribution is 8.18. The minimum Gasteiger partial charge on any atom is -0.493 e. The number of aromatic nitrogens is 2. The summed E-state index contributed by atoms with van der Waals surface area (Å²) >= 11 is 1.46. The molecule has 2 aliphatic heterocycles. The van der Waals surface area contributed by atoms with Crippen LogP contribution in [0.3, 0.4) is 0 Å². The summed E-state index contributed by atoms with van der Waals surface area (Å²) in [6, 6.07) is 26.7. The van der Waals surface area contributed by atoms with E-state index in [2.05, 4.69) is 65.0 Å². The van der Waals surface area contributed by atoms with Crippen LogP contribution in [0.25, 0.3) is 23.0 Å². The predicted octanol–water partition coefficient (Wildman–Crippen LogP) is 6.42. The van der Waals surface area contributed by atoms with Crippen molar-refractivity contribution in [2.45, 2.75) is 26.8 Å². The summed E-state index contributed by atoms with van der Waals surface area (Å²) < 4.78 is 7.77. The normalized spacial score (nSPS) is 16.7. The van der Waals surface area contributed by atoms with Gasteiger partial charge in [0, 0.05) is 50.0 Å². The van der Waals surface area contributed by atoms with Crippen LogP contribution in [-0.4, -0.2) is 63.4 Å². The van der Waals surface area contributed by atoms with Crippen molar-refractivity contribution >= 4 is 28.9 Å². The van der Waals surface area contributed by atoms with E-state index in [0.29, 0.717) is 11.5 Å². The van der Waals surface area contributed by atoms with E-state index in [1.807, 2.05) is 59.4 Å². The van der Waals surface area contributed by atoms with Crippen molar-refractivity contribution in [3.63, 3.8) is 0 Å². The lowest BCUT2D eigenvalue weighted by molar-refractivity contribution is -0.113. The van der Waals surface area contributed by atoms with Crippen molar-refractivity contribution in [2.75, 3.05) is 32.8 Å². The third-order valence-electron chi connectivity index (χ3n) is 7.46. The van der Waals surface area contributed by atoms with Crippen LogP contribution >= 0.6 is 11.8 Å². The molecule has 3 aromatic carbocycles. The van der Waals surface area contributed by atoms with E-state index in [9.17, 15) is 4.79 Å². The quantitative estimate of drug-likeness (QED) is 0.225. The number of rotatable bonds is 8. The van der Waals surface area contributed by atoms with Crippen molar-refractivity contribution in [3.8, 4) is 22.7 Å². The van der Waals surface area contributed by atoms with Crippen molar-refractivity contribution < 1.29 is 9.53 Å². The number of carbonyl (C=O) groups excluding carboxylic acids is 1. The van der Waals surface area contributed by atoms with Crippen LogP contribution in [0.1, 0.15) is 30.0 Å². The molecule has 0 unspecified atom stereocenters. The zero-order valence-electron chi connectivity index (χ0n) is 24.1. The second-order valence-electron chi connectivity index (χ2n) is 10.6. The van der Waals surface area contributed by atoms with Crippen LogP contribution in [0, 0.1) is 6.92 Å². The first kappa shape index (κ1) is 28.0. The van der Waals surface area contributed by atoms with Crippen LogP contribution < -0.4 is 4.74 Å². The molecule has 42 heavy (non-hydrogen) atoms. The Balaban J connectivity index is 1.22. The largest absolute Gasteiger partial charge is 0.493 e. The molecule has 0 N–H and O–H groups in total. The monoisotopic (exact) mass is 577 g/mol. The second-order valence-corrected chi connectivity index (χ2v) is 11.6. The highest BCUT2D eigenvalue weighted by Crippen LogP contribution is 2.35. The fraction of sp³-hybridized carbons (Fsp3) is 0.265. The molecule has 1 fully saturated rings. The molecule has 1 saturated heterocycles. The van der Waals surface area contributed by atoms with Gasteiger partial charge < -0.3 is 9.64 Å². The van der Waals surface area contributed by atoms with Crippen LogP contribution in [0.2, 0.25) is 0 Å². The lowest BCUT2D eigenvalue weighted by Crippen LogP contribution is -2.47. The fourth-order valence-electron chi connectivity index (χ4n) is 5.21. The number of carbonyl (C=O) groups is 1. The average Bonchev–Trinajstić information content (AvgIpc) is 3.61. The molecule has 7 nitrogen and oxygen atoms in total. The molecule has 0 radical (unpaired) electrons. The van der Waals surface area contributed by atoms with Gasteiger partial charge in [-0.25, -0.2) is 4.68 Å². The Bertz CT molecular complexity index is 1610. The van der Waals surface area contributed by atoms with Crippen molar-refractivity contribution in [3.05, 3.63) is 107 Å². The standard InChI is InChI=1S/C34H35N5O2S/c1-3-20-41-30-15-14-27(21-25(30)2)32-28(24-39(36-32)29-12-8-5-9-13-29)22-31-33(40)35-34(42-31)38-18-16-37(17-19-38)23-26-10-6-4-7-11-26/h4-15,21-22,24H,3,16-20,23H2,1-2H3/b31-22-. The van der Waals surface area contributed by atoms with E-state index in [1.165, 1.54) is 17.3 Å². The van der Waals surface area contributed by atoms with Crippen molar-refractivity contribution in [2.24, 2.45) is 4.99 Å². The Kier molecular flexibility index (Phi) is 8.53. The number of amides is 1. The van der Waals surface area contributed by atoms with Gasteiger partial charge in [0.1, 0.15) is 11.4 Å². The maximum atomic E-state index is 13.1. The number of amidine groups is 1. The average molecular weight is 578 g/mol. The smallest absolute Gasteiger partial charge is 0.286 e. The molecule has 0 aliphatic carbocycles. The molecule has 0 spiro atoms. The molecule has 6 rings (SSSR count). The molecular weight excluding hydrogens is 542 g/mol. The number of piperazine rings is 1. The number of aliphatic imine (C=N–C) groups is 1. The summed E-state index contributed by atoms with van der Waals surface area (Å²) in [7, 11) is 0. The lowest BCUT2D eigenvalue weighted by Gasteiger charge is -2.35. The summed E-state index contributed by atoms with van der Waals surface area (Å²) in [5, 5.41) is 5.75. The van der Waals surface area contributed by atoms with Crippen molar-refractivity contribution in [1.82, 2.24) is 19.6 Å². The number of thioether (sulfide) groups is 1. The summed E-state index contributed by atoms with van der Waals surface area (Å²) in [5.74, 6) is 0.686. The third kappa shape index (κ3) is 6.35. The summed E-state index contributed by atoms with van der Waals surface area (Å²) in [5.41, 5.74) is 6.00. The number of nitrogens with zero attached hydrogens (tertiary/aromatic N) is 5. The minimum atomic E-state index is -0.195. The Labute approximate surface area is 251 Å². The SMILES string of the molecule is CCCOc1ccc(-c2nn(-c3ccccc3)cc2/C=C2\SC(N3CCN(Cc4ccccc4)CC3)=NC2=O)cc1C. The molecule has 8 heteroatoms. The Morgan fingerprint density at radius 1 is 0.952 bits per heavy atom. The van der Waals surface area contributed by atoms with E-state index in [-0.39, 0.29) is 5.91 Å². The number of hydrogen-bond acceptors (Lipinski definition) is 6. The molecule has 0 saturated carbocycles. The number of ether oxygens (including phenoxy) is 1. The number of aryl methyl sites for hydroxylation is 1. The number of hydrogen-bond donors (Lipinski definition) is 0. The van der Waals surface area contributed by atoms with Gasteiger partial charge in [0.15, 0.2) is 5.17 Å². The highest BCUT2D eigenvalue weighted by atomic mass is 32.2. The maximum Gasteiger partial charge on any atom is 0.286 e. The molecule has 2 aliphatic rings. The molecule has 0 atom stereocenters. The summed E-state index contributed by atoms with van der Waals surface area (Å²) in [6.07, 6.45) is 4.88. The molecule has 4 aromatic rings. The molecule has 1 amide bonds. The van der Waals surface area contributed by atoms with Gasteiger partial charge in [0.05, 0.1) is 17.2 Å². The third-order valence-corrected chi connectivity index (χ3v) is 8.51. The van der Waals surface area contributed by atoms with Gasteiger partial charge >= 0.3 is 0 Å². The predicted molar refractivity (Wildman–Crippen MR) is 171 cm³/mol. The molecule has 1 aromatic heterocycles. The van der Waals surface area contributed by atoms with Crippen molar-refractivity contribution in [1.29, 1.82) is 0 Å². The lowest BCUT2D eigenvalue weighted by atomic mass is 10.0. The maximum absolute atomic E-state index is 13.1. The van der Waals surface area contributed by atoms with E-state index >= 15 is 0 Å². The van der Waals surface area contributed by atoms with E-state index < -0.39 is 0 Å². The number of para-hydroxylation sites is 1. The fourth-order valence-corrected chi connectivity index (χ4v) is 6.17. The van der Waals surface area contributed by atoms with Crippen LogP contribution in [-0.2, 0) is 11.3 Å². The second kappa shape index (κ2) is 12.8. The van der Waals surface area contributed by atoms with E-state index in [1.54, 1.807) is 0 Å². The molecule has 0 bridgehead atoms. The molecule has 3 heterocycles. The summed E-state index contributed by atoms with van der Waals surface area (Å²) in [6.45, 7) is 9.35. The Morgan fingerprint density at radius 2 is 1.69 bits per heavy atom. The Morgan fingerprint density at radius 3 is 2.40 bits per heavy atom. The van der Waals surface area contributed by atoms with E-state index in [4.69, 9.17) is 9.84 Å². The van der Waals surface area contributed by atoms with Gasteiger partial charge in [-0.3, -0.25) is 9.69 Å². The van der Waals surface area contributed by atoms with Gasteiger partial charge in [-0.05, 0) is 72.6 Å². The first-order chi connectivity index (χ1) is 20.6. The Hall–Kier alpha value is -4.14. The van der Waals surface area contributed by atoms with Gasteiger partial charge in [-0.2, -0.15) is 10.1 Å². The van der Waals surface area contributed by atoms with Gasteiger partial charge in [-0.15, -0.1) is 0 Å². The van der Waals surface area contributed by atoms with Crippen LogP contribution in [0.15, 0.2) is 95.0 Å².